The van der Waals surface area contributed by atoms with Gasteiger partial charge in [-0.1, -0.05) is 60.7 Å². The molecule has 4 heterocycles. The molecule has 1 N–H and O–H groups in total. The number of likely N-dealkylation sites (tertiary alicyclic amines) is 3. The van der Waals surface area contributed by atoms with Gasteiger partial charge in [-0.25, -0.2) is 4.79 Å². The van der Waals surface area contributed by atoms with E-state index in [-0.39, 0.29) is 10.8 Å². The Morgan fingerprint density at radius 2 is 1.21 bits per heavy atom. The Labute approximate surface area is 253 Å². The molecule has 0 bridgehead atoms. The molecular formula is C35H53FN4O2. The summed E-state index contributed by atoms with van der Waals surface area (Å²) in [5.74, 6) is 1.48. The van der Waals surface area contributed by atoms with Crippen LogP contribution in [0.4, 0.5) is 9.50 Å². The number of hydrogen-bond acceptors (Lipinski definition) is 5. The highest BCUT2D eigenvalue weighted by Crippen LogP contribution is 2.31. The normalized spacial score (nSPS) is 24.5. The topological polar surface area (TPSA) is 48.1 Å². The Bertz CT molecular complexity index is 1060. The Kier molecular flexibility index (Phi) is 11.8. The first-order valence-corrected chi connectivity index (χ1v) is 16.1. The van der Waals surface area contributed by atoms with Crippen LogP contribution in [0.2, 0.25) is 0 Å². The Morgan fingerprint density at radius 3 is 1.67 bits per heavy atom. The predicted octanol–water partition coefficient (Wildman–Crippen LogP) is 6.26. The Balaban J connectivity index is 0.000000198. The third-order valence-corrected chi connectivity index (χ3v) is 9.48. The molecule has 4 fully saturated rings. The minimum atomic E-state index is -0.413. The summed E-state index contributed by atoms with van der Waals surface area (Å²) in [5, 5.41) is 3.47. The van der Waals surface area contributed by atoms with Crippen molar-refractivity contribution in [2.75, 3.05) is 52.4 Å². The van der Waals surface area contributed by atoms with Gasteiger partial charge in [-0.2, -0.15) is 0 Å². The van der Waals surface area contributed by atoms with Gasteiger partial charge in [0.05, 0.1) is 0 Å². The first kappa shape index (κ1) is 32.4. The van der Waals surface area contributed by atoms with E-state index in [1.807, 2.05) is 25.7 Å². The lowest BCUT2D eigenvalue weighted by atomic mass is 9.89. The highest BCUT2D eigenvalue weighted by Gasteiger charge is 2.34. The molecule has 0 aliphatic carbocycles. The maximum absolute atomic E-state index is 12.2. The number of ether oxygens (including phenoxy) is 1. The molecule has 0 saturated carbocycles. The van der Waals surface area contributed by atoms with Gasteiger partial charge in [-0.15, -0.1) is 0 Å². The van der Waals surface area contributed by atoms with Gasteiger partial charge >= 0.3 is 6.09 Å². The number of hydrogen-bond donors (Lipinski definition) is 1. The Hall–Kier alpha value is -2.48. The van der Waals surface area contributed by atoms with Gasteiger partial charge in [0, 0.05) is 31.7 Å². The standard InChI is InChI=1S/C20H30N2O2.C15H22N2.FH/c1-20(2,3)24-19(23)22-14-11-18(15-22)21-12-9-17(10-13-21)16-7-5-4-6-8-16;1-2-4-13(5-3-1)14-7-10-17(11-8-14)15-6-9-16-12-15;/h4-8,17-18H,9-15H2,1-3H3;1-5,14-16H,6-12H2;1H. The number of carbonyl (C=O) groups excluding carboxylic acids is 1. The summed E-state index contributed by atoms with van der Waals surface area (Å²) in [4.78, 5) is 19.4. The van der Waals surface area contributed by atoms with Gasteiger partial charge in [0.25, 0.3) is 0 Å². The molecule has 6 nitrogen and oxygen atoms in total. The summed E-state index contributed by atoms with van der Waals surface area (Å²) in [6.45, 7) is 14.6. The first-order valence-electron chi connectivity index (χ1n) is 16.1. The number of nitrogens with one attached hydrogen (secondary N) is 1. The second-order valence-electron chi connectivity index (χ2n) is 13.5. The molecule has 2 aromatic rings. The summed E-state index contributed by atoms with van der Waals surface area (Å²) in [7, 11) is 0. The molecule has 0 spiro atoms. The maximum Gasteiger partial charge on any atom is 0.410 e. The van der Waals surface area contributed by atoms with E-state index in [0.717, 1.165) is 44.6 Å². The molecule has 4 saturated heterocycles. The number of nitrogens with zero attached hydrogens (tertiary/aromatic N) is 3. The molecule has 0 radical (unpaired) electrons. The molecule has 4 aliphatic rings. The number of rotatable bonds is 4. The minimum absolute atomic E-state index is 0. The van der Waals surface area contributed by atoms with Crippen LogP contribution >= 0.6 is 0 Å². The predicted molar refractivity (Wildman–Crippen MR) is 170 cm³/mol. The fraction of sp³-hybridized carbons (Fsp3) is 0.629. The summed E-state index contributed by atoms with van der Waals surface area (Å²) < 4.78 is 5.50. The molecule has 2 atom stereocenters. The fourth-order valence-corrected chi connectivity index (χ4v) is 7.13. The smallest absolute Gasteiger partial charge is 0.410 e. The van der Waals surface area contributed by atoms with Crippen LogP contribution in [-0.2, 0) is 4.74 Å². The highest BCUT2D eigenvalue weighted by molar-refractivity contribution is 5.68. The van der Waals surface area contributed by atoms with Crippen molar-refractivity contribution in [2.45, 2.75) is 88.8 Å². The van der Waals surface area contributed by atoms with Crippen molar-refractivity contribution in [2.24, 2.45) is 0 Å². The molecular weight excluding hydrogens is 527 g/mol. The van der Waals surface area contributed by atoms with Crippen LogP contribution in [0.1, 0.15) is 82.3 Å². The summed E-state index contributed by atoms with van der Waals surface area (Å²) in [6, 6.07) is 23.2. The van der Waals surface area contributed by atoms with Crippen molar-refractivity contribution in [3.63, 3.8) is 0 Å². The average molecular weight is 581 g/mol. The van der Waals surface area contributed by atoms with Crippen LogP contribution < -0.4 is 5.32 Å². The number of carbonyl (C=O) groups is 1. The van der Waals surface area contributed by atoms with Crippen LogP contribution in [0.15, 0.2) is 60.7 Å². The van der Waals surface area contributed by atoms with Gasteiger partial charge in [0.1, 0.15) is 5.60 Å². The van der Waals surface area contributed by atoms with Crippen LogP contribution in [-0.4, -0.2) is 90.8 Å². The molecule has 42 heavy (non-hydrogen) atoms. The van der Waals surface area contributed by atoms with Crippen molar-refractivity contribution in [1.29, 1.82) is 0 Å². The third-order valence-electron chi connectivity index (χ3n) is 9.48. The van der Waals surface area contributed by atoms with E-state index >= 15 is 0 Å². The van der Waals surface area contributed by atoms with Gasteiger partial charge in [0.15, 0.2) is 0 Å². The van der Waals surface area contributed by atoms with Crippen LogP contribution in [0.5, 0.6) is 0 Å². The molecule has 6 rings (SSSR count). The molecule has 2 unspecified atom stereocenters. The van der Waals surface area contributed by atoms with Gasteiger partial charge in [-0.3, -0.25) is 14.5 Å². The molecule has 7 heteroatoms. The van der Waals surface area contributed by atoms with E-state index in [9.17, 15) is 4.79 Å². The zero-order chi connectivity index (χ0) is 28.7. The number of benzene rings is 2. The monoisotopic (exact) mass is 580 g/mol. The van der Waals surface area contributed by atoms with E-state index in [2.05, 4.69) is 75.8 Å². The van der Waals surface area contributed by atoms with Crippen LogP contribution in [0.3, 0.4) is 0 Å². The van der Waals surface area contributed by atoms with Crippen molar-refractivity contribution in [3.8, 4) is 0 Å². The molecule has 0 aromatic heterocycles. The SMILES string of the molecule is CC(C)(C)OC(=O)N1CCC(N2CCC(c3ccccc3)CC2)C1.F.c1ccc(C2CCN(C3CCNC3)CC2)cc1. The lowest BCUT2D eigenvalue weighted by Crippen LogP contribution is -2.43. The number of amides is 1. The van der Waals surface area contributed by atoms with Crippen LogP contribution in [0, 0.1) is 0 Å². The third kappa shape index (κ3) is 9.01. The van der Waals surface area contributed by atoms with E-state index < -0.39 is 5.60 Å². The van der Waals surface area contributed by atoms with Gasteiger partial charge < -0.3 is 15.0 Å². The van der Waals surface area contributed by atoms with Gasteiger partial charge in [-0.05, 0) is 115 Å². The average Bonchev–Trinajstić information content (AvgIpc) is 3.72. The number of halogens is 1. The fourth-order valence-electron chi connectivity index (χ4n) is 7.13. The first-order chi connectivity index (χ1) is 19.9. The largest absolute Gasteiger partial charge is 0.444 e. The zero-order valence-electron chi connectivity index (χ0n) is 26.0. The van der Waals surface area contributed by atoms with E-state index in [0.29, 0.717) is 12.0 Å². The minimum Gasteiger partial charge on any atom is -0.444 e. The lowest BCUT2D eigenvalue weighted by molar-refractivity contribution is 0.0276. The zero-order valence-corrected chi connectivity index (χ0v) is 26.0. The highest BCUT2D eigenvalue weighted by atomic mass is 19.0. The van der Waals surface area contributed by atoms with Crippen molar-refractivity contribution in [1.82, 2.24) is 20.0 Å². The molecule has 1 amide bonds. The lowest BCUT2D eigenvalue weighted by Gasteiger charge is -2.36. The summed E-state index contributed by atoms with van der Waals surface area (Å²) >= 11 is 0. The van der Waals surface area contributed by atoms with Crippen LogP contribution in [0.25, 0.3) is 0 Å². The maximum atomic E-state index is 12.2. The second-order valence-corrected chi connectivity index (χ2v) is 13.5. The molecule has 2 aromatic carbocycles. The molecule has 4 aliphatic heterocycles. The van der Waals surface area contributed by atoms with Crippen molar-refractivity contribution < 1.29 is 14.2 Å². The van der Waals surface area contributed by atoms with E-state index in [1.54, 1.807) is 0 Å². The second kappa shape index (κ2) is 15.3. The van der Waals surface area contributed by atoms with E-state index in [1.165, 1.54) is 69.4 Å². The summed E-state index contributed by atoms with van der Waals surface area (Å²) in [6.07, 6.45) is 7.34. The molecule has 232 valence electrons. The van der Waals surface area contributed by atoms with E-state index in [4.69, 9.17) is 4.74 Å². The Morgan fingerprint density at radius 1 is 0.714 bits per heavy atom. The van der Waals surface area contributed by atoms with Gasteiger partial charge in [0.2, 0.25) is 0 Å². The number of piperidine rings is 2. The van der Waals surface area contributed by atoms with Crippen molar-refractivity contribution >= 4 is 6.09 Å². The summed E-state index contributed by atoms with van der Waals surface area (Å²) in [5.41, 5.74) is 2.60. The van der Waals surface area contributed by atoms with Crippen molar-refractivity contribution in [3.05, 3.63) is 71.8 Å². The quantitative estimate of drug-likeness (QED) is 0.463.